The van der Waals surface area contributed by atoms with Crippen molar-refractivity contribution in [3.8, 4) is 5.88 Å². The molecular formula is C29H40N6O7S. The molecule has 4 aliphatic carbocycles. The Hall–Kier alpha value is -3.16. The number of amidine groups is 1. The summed E-state index contributed by atoms with van der Waals surface area (Å²) in [5, 5.41) is 18.7. The van der Waals surface area contributed by atoms with Gasteiger partial charge in [-0.05, 0) is 86.9 Å². The van der Waals surface area contributed by atoms with E-state index in [-0.39, 0.29) is 58.2 Å². The van der Waals surface area contributed by atoms with E-state index in [1.165, 1.54) is 21.1 Å². The van der Waals surface area contributed by atoms with E-state index in [1.54, 1.807) is 4.90 Å². The summed E-state index contributed by atoms with van der Waals surface area (Å²) in [6, 6.07) is -0.715. The van der Waals surface area contributed by atoms with Gasteiger partial charge in [-0.2, -0.15) is 0 Å². The summed E-state index contributed by atoms with van der Waals surface area (Å²) < 4.78 is 25.8. The lowest BCUT2D eigenvalue weighted by atomic mass is 9.51. The predicted molar refractivity (Wildman–Crippen MR) is 156 cm³/mol. The summed E-state index contributed by atoms with van der Waals surface area (Å²) in [6.45, 7) is 0.731. The average molecular weight is 617 g/mol. The van der Waals surface area contributed by atoms with Crippen LogP contribution in [-0.4, -0.2) is 80.9 Å². The highest BCUT2D eigenvalue weighted by molar-refractivity contribution is 7.92. The van der Waals surface area contributed by atoms with Crippen molar-refractivity contribution in [2.75, 3.05) is 25.1 Å². The zero-order valence-electron chi connectivity index (χ0n) is 24.5. The van der Waals surface area contributed by atoms with Crippen molar-refractivity contribution in [3.05, 3.63) is 26.4 Å². The summed E-state index contributed by atoms with van der Waals surface area (Å²) in [5.74, 6) is -0.437. The molecule has 234 valence electrons. The lowest BCUT2D eigenvalue weighted by molar-refractivity contribution is -0.151. The molecule has 1 aromatic heterocycles. The minimum atomic E-state index is -2.92. The van der Waals surface area contributed by atoms with Crippen LogP contribution >= 0.6 is 0 Å². The molecule has 7 rings (SSSR count). The van der Waals surface area contributed by atoms with Gasteiger partial charge in [0.25, 0.3) is 11.5 Å². The number of carbonyl (C=O) groups is 2. The molecular weight excluding hydrogens is 576 g/mol. The van der Waals surface area contributed by atoms with Crippen LogP contribution in [0.3, 0.4) is 0 Å². The SMILES string of the molecule is CN1C(=O)N(CC2CC3(C2)CS(=O)(=O)C3)C2(CC3(CCC(n4c(=O)c(C(=N)N)c(O)n(CC5CCC5)c4=O)CC3)C2)C1=O. The molecule has 4 saturated carbocycles. The topological polar surface area (TPSA) is 189 Å². The van der Waals surface area contributed by atoms with E-state index in [4.69, 9.17) is 11.1 Å². The van der Waals surface area contributed by atoms with Crippen molar-refractivity contribution in [2.45, 2.75) is 88.8 Å². The van der Waals surface area contributed by atoms with E-state index in [0.717, 1.165) is 32.1 Å². The number of carbonyl (C=O) groups excluding carboxylic acids is 2. The van der Waals surface area contributed by atoms with Crippen molar-refractivity contribution in [1.82, 2.24) is 18.9 Å². The number of amides is 3. The van der Waals surface area contributed by atoms with E-state index in [1.807, 2.05) is 0 Å². The highest BCUT2D eigenvalue weighted by atomic mass is 32.2. The Morgan fingerprint density at radius 2 is 1.60 bits per heavy atom. The fraction of sp³-hybridized carbons (Fsp3) is 0.759. The van der Waals surface area contributed by atoms with E-state index in [9.17, 15) is 32.7 Å². The normalized spacial score (nSPS) is 28.5. The van der Waals surface area contributed by atoms with Crippen LogP contribution in [0.15, 0.2) is 9.59 Å². The fourth-order valence-corrected chi connectivity index (χ4v) is 11.7. The summed E-state index contributed by atoms with van der Waals surface area (Å²) in [5.41, 5.74) is 2.81. The number of sulfone groups is 1. The van der Waals surface area contributed by atoms with Crippen molar-refractivity contribution in [3.63, 3.8) is 0 Å². The van der Waals surface area contributed by atoms with Crippen molar-refractivity contribution in [2.24, 2.45) is 28.4 Å². The van der Waals surface area contributed by atoms with E-state index in [2.05, 4.69) is 0 Å². The Bertz CT molecular complexity index is 1640. The van der Waals surface area contributed by atoms with Crippen LogP contribution in [0, 0.1) is 28.1 Å². The first-order valence-electron chi connectivity index (χ1n) is 15.4. The third kappa shape index (κ3) is 4.14. The quantitative estimate of drug-likeness (QED) is 0.241. The molecule has 0 radical (unpaired) electrons. The molecule has 14 heteroatoms. The fourth-order valence-electron chi connectivity index (χ4n) is 9.48. The molecule has 3 amide bonds. The summed E-state index contributed by atoms with van der Waals surface area (Å²) in [6.07, 6.45) is 7.90. The number of nitrogens with two attached hydrogens (primary N) is 1. The first-order chi connectivity index (χ1) is 20.2. The van der Waals surface area contributed by atoms with Crippen LogP contribution < -0.4 is 17.0 Å². The molecule has 43 heavy (non-hydrogen) atoms. The van der Waals surface area contributed by atoms with Crippen molar-refractivity contribution < 1.29 is 23.1 Å². The molecule has 6 fully saturated rings. The second kappa shape index (κ2) is 9.18. The van der Waals surface area contributed by atoms with Gasteiger partial charge in [0.05, 0.1) is 11.5 Å². The smallest absolute Gasteiger partial charge is 0.334 e. The predicted octanol–water partition coefficient (Wildman–Crippen LogP) is 1.15. The number of nitrogens with zero attached hydrogens (tertiary/aromatic N) is 4. The molecule has 1 aromatic rings. The molecule has 0 atom stereocenters. The number of hydrogen-bond acceptors (Lipinski definition) is 8. The second-order valence-electron chi connectivity index (χ2n) is 14.7. The molecule has 0 bridgehead atoms. The zero-order valence-corrected chi connectivity index (χ0v) is 25.3. The average Bonchev–Trinajstić information content (AvgIpc) is 3.02. The minimum Gasteiger partial charge on any atom is -0.494 e. The largest absolute Gasteiger partial charge is 0.494 e. The zero-order chi connectivity index (χ0) is 30.7. The monoisotopic (exact) mass is 616 g/mol. The maximum absolute atomic E-state index is 13.5. The van der Waals surface area contributed by atoms with E-state index in [0.29, 0.717) is 45.1 Å². The van der Waals surface area contributed by atoms with Crippen molar-refractivity contribution in [1.29, 1.82) is 5.41 Å². The van der Waals surface area contributed by atoms with Gasteiger partial charge >= 0.3 is 11.7 Å². The number of hydrogen-bond donors (Lipinski definition) is 3. The molecule has 3 spiro atoms. The van der Waals surface area contributed by atoms with Gasteiger partial charge in [-0.15, -0.1) is 0 Å². The Kier molecular flexibility index (Phi) is 6.11. The first kappa shape index (κ1) is 28.6. The first-order valence-corrected chi connectivity index (χ1v) is 17.2. The molecule has 4 N–H and O–H groups in total. The van der Waals surface area contributed by atoms with Gasteiger partial charge in [0.1, 0.15) is 16.9 Å². The van der Waals surface area contributed by atoms with Gasteiger partial charge in [-0.25, -0.2) is 18.0 Å². The van der Waals surface area contributed by atoms with Crippen LogP contribution in [0.2, 0.25) is 0 Å². The Balaban J connectivity index is 1.07. The standard InChI is InChI=1S/C29H40N6O7S/c1-32-24(38)29(34(25(32)39)12-18-9-28(10-18)15-43(41,42)16-28)13-27(14-29)7-5-19(6-8-27)35-23(37)20(21(30)31)22(36)33(26(35)40)11-17-3-2-4-17/h17-19,36H,2-16H2,1H3,(H3,30,31). The number of urea groups is 1. The molecule has 0 aromatic carbocycles. The third-order valence-electron chi connectivity index (χ3n) is 11.7. The summed E-state index contributed by atoms with van der Waals surface area (Å²) >= 11 is 0. The number of imide groups is 1. The lowest BCUT2D eigenvalue weighted by Crippen LogP contribution is -2.66. The summed E-state index contributed by atoms with van der Waals surface area (Å²) in [4.78, 5) is 56.5. The number of nitrogens with one attached hydrogen (secondary N) is 1. The van der Waals surface area contributed by atoms with Gasteiger partial charge in [-0.3, -0.25) is 29.0 Å². The van der Waals surface area contributed by atoms with Gasteiger partial charge in [0.15, 0.2) is 9.84 Å². The molecule has 0 unspecified atom stereocenters. The van der Waals surface area contributed by atoms with Gasteiger partial charge in [-0.1, -0.05) is 6.42 Å². The Morgan fingerprint density at radius 3 is 2.14 bits per heavy atom. The van der Waals surface area contributed by atoms with Gasteiger partial charge in [0.2, 0.25) is 5.88 Å². The van der Waals surface area contributed by atoms with E-state index < -0.39 is 44.4 Å². The molecule has 13 nitrogen and oxygen atoms in total. The third-order valence-corrected chi connectivity index (χ3v) is 13.8. The molecule has 6 aliphatic rings. The van der Waals surface area contributed by atoms with Gasteiger partial charge < -0.3 is 15.7 Å². The van der Waals surface area contributed by atoms with Crippen molar-refractivity contribution >= 4 is 27.6 Å². The number of aromatic hydroxyl groups is 1. The van der Waals surface area contributed by atoms with Crippen LogP contribution in [0.1, 0.15) is 82.2 Å². The number of aromatic nitrogens is 2. The number of likely N-dealkylation sites (N-methyl/N-ethyl adjacent to an activating group) is 1. The number of rotatable bonds is 6. The maximum atomic E-state index is 13.5. The molecule has 2 saturated heterocycles. The minimum absolute atomic E-state index is 0.139. The molecule has 3 heterocycles. The number of nitrogen functional groups attached to an aromatic ring is 1. The van der Waals surface area contributed by atoms with Crippen LogP contribution in [0.5, 0.6) is 5.88 Å². The highest BCUT2D eigenvalue weighted by Crippen LogP contribution is 2.63. The Morgan fingerprint density at radius 1 is 0.977 bits per heavy atom. The molecule has 2 aliphatic heterocycles. The van der Waals surface area contributed by atoms with Crippen LogP contribution in [0.4, 0.5) is 4.79 Å². The summed E-state index contributed by atoms with van der Waals surface area (Å²) in [7, 11) is -1.40. The van der Waals surface area contributed by atoms with Crippen LogP contribution in [-0.2, 0) is 21.2 Å². The van der Waals surface area contributed by atoms with E-state index >= 15 is 0 Å². The Labute approximate surface area is 249 Å². The highest BCUT2D eigenvalue weighted by Gasteiger charge is 2.68. The maximum Gasteiger partial charge on any atom is 0.334 e. The van der Waals surface area contributed by atoms with Gasteiger partial charge in [0, 0.05) is 26.2 Å². The lowest BCUT2D eigenvalue weighted by Gasteiger charge is -2.60. The van der Waals surface area contributed by atoms with Crippen LogP contribution in [0.25, 0.3) is 0 Å². The second-order valence-corrected chi connectivity index (χ2v) is 16.7.